The second-order valence-electron chi connectivity index (χ2n) is 4.97. The van der Waals surface area contributed by atoms with Crippen LogP contribution in [0.25, 0.3) is 0 Å². The fourth-order valence-electron chi connectivity index (χ4n) is 2.57. The van der Waals surface area contributed by atoms with Crippen LogP contribution in [0.2, 0.25) is 0 Å². The largest absolute Gasteiger partial charge is 0.348 e. The topological polar surface area (TPSA) is 75.6 Å². The molecule has 0 spiro atoms. The number of imidazole rings is 1. The van der Waals surface area contributed by atoms with E-state index >= 15 is 0 Å². The molecule has 1 amide bonds. The number of carbonyl (C=O) groups excluding carboxylic acids is 1. The van der Waals surface area contributed by atoms with Crippen LogP contribution in [0.1, 0.15) is 53.0 Å². The van der Waals surface area contributed by atoms with Gasteiger partial charge in [-0.15, -0.1) is 0 Å². The van der Waals surface area contributed by atoms with Gasteiger partial charge in [-0.1, -0.05) is 0 Å². The van der Waals surface area contributed by atoms with Crippen molar-refractivity contribution in [2.24, 2.45) is 0 Å². The van der Waals surface area contributed by atoms with Gasteiger partial charge in [0.15, 0.2) is 0 Å². The SMILES string of the molecule is CCn1nc(C)c(C(C)NC(=O)c2nc[nH]c2C)c1C. The third-order valence-electron chi connectivity index (χ3n) is 3.56. The van der Waals surface area contributed by atoms with Crippen molar-refractivity contribution >= 4 is 5.91 Å². The van der Waals surface area contributed by atoms with Crippen LogP contribution in [0.4, 0.5) is 0 Å². The van der Waals surface area contributed by atoms with E-state index in [9.17, 15) is 4.79 Å². The lowest BCUT2D eigenvalue weighted by molar-refractivity contribution is 0.0934. The molecule has 0 aliphatic heterocycles. The van der Waals surface area contributed by atoms with E-state index in [1.54, 1.807) is 0 Å². The van der Waals surface area contributed by atoms with Crippen LogP contribution in [0.3, 0.4) is 0 Å². The molecule has 2 N–H and O–H groups in total. The first-order valence-electron chi connectivity index (χ1n) is 6.80. The summed E-state index contributed by atoms with van der Waals surface area (Å²) >= 11 is 0. The highest BCUT2D eigenvalue weighted by molar-refractivity contribution is 5.93. The van der Waals surface area contributed by atoms with Crippen molar-refractivity contribution in [1.82, 2.24) is 25.1 Å². The van der Waals surface area contributed by atoms with Crippen LogP contribution in [0.5, 0.6) is 0 Å². The smallest absolute Gasteiger partial charge is 0.272 e. The number of nitrogens with zero attached hydrogens (tertiary/aromatic N) is 3. The van der Waals surface area contributed by atoms with Crippen LogP contribution in [-0.4, -0.2) is 25.7 Å². The van der Waals surface area contributed by atoms with Crippen molar-refractivity contribution < 1.29 is 4.79 Å². The average molecular weight is 275 g/mol. The number of aromatic nitrogens is 4. The Morgan fingerprint density at radius 1 is 1.45 bits per heavy atom. The molecule has 20 heavy (non-hydrogen) atoms. The summed E-state index contributed by atoms with van der Waals surface area (Å²) in [6, 6.07) is -0.0982. The minimum Gasteiger partial charge on any atom is -0.348 e. The quantitative estimate of drug-likeness (QED) is 0.896. The summed E-state index contributed by atoms with van der Waals surface area (Å²) in [5.74, 6) is -0.167. The Morgan fingerprint density at radius 3 is 2.65 bits per heavy atom. The highest BCUT2D eigenvalue weighted by Crippen LogP contribution is 2.21. The van der Waals surface area contributed by atoms with Gasteiger partial charge in [0.25, 0.3) is 5.91 Å². The molecule has 0 fully saturated rings. The number of rotatable bonds is 4. The zero-order valence-corrected chi connectivity index (χ0v) is 12.6. The second kappa shape index (κ2) is 5.48. The number of nitrogens with one attached hydrogen (secondary N) is 2. The van der Waals surface area contributed by atoms with Crippen molar-refractivity contribution in [2.45, 2.75) is 47.2 Å². The van der Waals surface area contributed by atoms with Crippen molar-refractivity contribution in [2.75, 3.05) is 0 Å². The summed E-state index contributed by atoms with van der Waals surface area (Å²) in [5.41, 5.74) is 4.34. The summed E-state index contributed by atoms with van der Waals surface area (Å²) in [5, 5.41) is 7.46. The lowest BCUT2D eigenvalue weighted by Crippen LogP contribution is -2.28. The van der Waals surface area contributed by atoms with Crippen LogP contribution < -0.4 is 5.32 Å². The van der Waals surface area contributed by atoms with Crippen molar-refractivity contribution in [3.63, 3.8) is 0 Å². The second-order valence-corrected chi connectivity index (χ2v) is 4.97. The fraction of sp³-hybridized carbons (Fsp3) is 0.500. The first-order valence-corrected chi connectivity index (χ1v) is 6.80. The molecule has 108 valence electrons. The molecule has 0 aliphatic rings. The maximum absolute atomic E-state index is 12.2. The van der Waals surface area contributed by atoms with Crippen LogP contribution in [-0.2, 0) is 6.54 Å². The summed E-state index contributed by atoms with van der Waals surface area (Å²) in [6.07, 6.45) is 1.53. The Labute approximate surface area is 118 Å². The maximum atomic E-state index is 12.2. The Morgan fingerprint density at radius 2 is 2.15 bits per heavy atom. The van der Waals surface area contributed by atoms with Gasteiger partial charge in [0.05, 0.1) is 18.1 Å². The highest BCUT2D eigenvalue weighted by atomic mass is 16.2. The van der Waals surface area contributed by atoms with Gasteiger partial charge in [0, 0.05) is 23.5 Å². The van der Waals surface area contributed by atoms with E-state index < -0.39 is 0 Å². The van der Waals surface area contributed by atoms with E-state index in [2.05, 4.69) is 27.3 Å². The number of aromatic amines is 1. The van der Waals surface area contributed by atoms with Gasteiger partial charge in [0.1, 0.15) is 5.69 Å². The van der Waals surface area contributed by atoms with Crippen molar-refractivity contribution in [1.29, 1.82) is 0 Å². The number of carbonyl (C=O) groups is 1. The molecule has 0 radical (unpaired) electrons. The number of H-pyrrole nitrogens is 1. The van der Waals surface area contributed by atoms with Crippen LogP contribution in [0, 0.1) is 20.8 Å². The molecule has 0 bridgehead atoms. The van der Waals surface area contributed by atoms with E-state index in [1.807, 2.05) is 32.4 Å². The van der Waals surface area contributed by atoms with Crippen molar-refractivity contribution in [3.05, 3.63) is 34.7 Å². The summed E-state index contributed by atoms with van der Waals surface area (Å²) < 4.78 is 1.95. The molecule has 6 heteroatoms. The maximum Gasteiger partial charge on any atom is 0.272 e. The van der Waals surface area contributed by atoms with E-state index in [1.165, 1.54) is 6.33 Å². The first-order chi connectivity index (χ1) is 9.45. The Hall–Kier alpha value is -2.11. The number of hydrogen-bond acceptors (Lipinski definition) is 3. The molecule has 1 atom stereocenters. The molecule has 2 heterocycles. The monoisotopic (exact) mass is 275 g/mol. The van der Waals surface area contributed by atoms with Crippen LogP contribution >= 0.6 is 0 Å². The lowest BCUT2D eigenvalue weighted by Gasteiger charge is -2.14. The van der Waals surface area contributed by atoms with E-state index in [0.29, 0.717) is 5.69 Å². The van der Waals surface area contributed by atoms with Gasteiger partial charge < -0.3 is 10.3 Å². The molecule has 0 aliphatic carbocycles. The number of amides is 1. The number of hydrogen-bond donors (Lipinski definition) is 2. The van der Waals surface area contributed by atoms with Gasteiger partial charge in [0.2, 0.25) is 0 Å². The Balaban J connectivity index is 2.21. The van der Waals surface area contributed by atoms with E-state index in [0.717, 1.165) is 29.2 Å². The standard InChI is InChI=1S/C14H21N5O/c1-6-19-11(5)12(9(3)18-19)8(2)17-14(20)13-10(4)15-7-16-13/h7-8H,6H2,1-5H3,(H,15,16)(H,17,20). The third-order valence-corrected chi connectivity index (χ3v) is 3.56. The molecule has 2 aromatic rings. The first kappa shape index (κ1) is 14.3. The summed E-state index contributed by atoms with van der Waals surface area (Å²) in [7, 11) is 0. The molecular formula is C14H21N5O. The van der Waals surface area contributed by atoms with Crippen molar-refractivity contribution in [3.8, 4) is 0 Å². The Bertz CT molecular complexity index is 626. The minimum absolute atomic E-state index is 0.0982. The predicted octanol–water partition coefficient (Wildman–Crippen LogP) is 2.04. The zero-order chi connectivity index (χ0) is 14.9. The van der Waals surface area contributed by atoms with Gasteiger partial charge >= 0.3 is 0 Å². The molecule has 0 aromatic carbocycles. The summed E-state index contributed by atoms with van der Waals surface area (Å²) in [6.45, 7) is 10.7. The molecule has 0 saturated carbocycles. The fourth-order valence-corrected chi connectivity index (χ4v) is 2.57. The Kier molecular flexibility index (Phi) is 3.92. The highest BCUT2D eigenvalue weighted by Gasteiger charge is 2.20. The van der Waals surface area contributed by atoms with Gasteiger partial charge in [-0.2, -0.15) is 5.10 Å². The molecule has 2 rings (SSSR count). The lowest BCUT2D eigenvalue weighted by atomic mass is 10.1. The predicted molar refractivity (Wildman–Crippen MR) is 76.6 cm³/mol. The normalized spacial score (nSPS) is 12.4. The molecule has 0 saturated heterocycles. The van der Waals surface area contributed by atoms with Gasteiger partial charge in [-0.25, -0.2) is 4.98 Å². The molecule has 1 unspecified atom stereocenters. The summed E-state index contributed by atoms with van der Waals surface area (Å²) in [4.78, 5) is 19.1. The third kappa shape index (κ3) is 2.45. The van der Waals surface area contributed by atoms with E-state index in [4.69, 9.17) is 0 Å². The molecule has 6 nitrogen and oxygen atoms in total. The van der Waals surface area contributed by atoms with E-state index in [-0.39, 0.29) is 11.9 Å². The molecular weight excluding hydrogens is 254 g/mol. The van der Waals surface area contributed by atoms with Gasteiger partial charge in [-0.05, 0) is 34.6 Å². The minimum atomic E-state index is -0.167. The molecule has 2 aromatic heterocycles. The van der Waals surface area contributed by atoms with Crippen LogP contribution in [0.15, 0.2) is 6.33 Å². The number of aryl methyl sites for hydroxylation is 3. The average Bonchev–Trinajstić information content (AvgIpc) is 2.93. The zero-order valence-electron chi connectivity index (χ0n) is 12.6. The van der Waals surface area contributed by atoms with Gasteiger partial charge in [-0.3, -0.25) is 9.48 Å².